The van der Waals surface area contributed by atoms with Crippen LogP contribution in [0.1, 0.15) is 31.7 Å². The molecule has 1 saturated heterocycles. The third-order valence-electron chi connectivity index (χ3n) is 5.15. The van der Waals surface area contributed by atoms with E-state index in [1.54, 1.807) is 12.4 Å². The van der Waals surface area contributed by atoms with Crippen molar-refractivity contribution in [1.29, 1.82) is 0 Å². The number of nitrogens with zero attached hydrogens (tertiary/aromatic N) is 2. The molecule has 2 atom stereocenters. The fourth-order valence-electron chi connectivity index (χ4n) is 3.72. The zero-order valence-electron chi connectivity index (χ0n) is 12.5. The van der Waals surface area contributed by atoms with E-state index in [1.165, 1.54) is 0 Å². The van der Waals surface area contributed by atoms with Gasteiger partial charge in [0, 0.05) is 37.4 Å². The van der Waals surface area contributed by atoms with Crippen molar-refractivity contribution in [2.75, 3.05) is 19.7 Å². The van der Waals surface area contributed by atoms with Gasteiger partial charge in [-0.3, -0.25) is 9.88 Å². The maximum absolute atomic E-state index is 10.2. The highest BCUT2D eigenvalue weighted by molar-refractivity contribution is 6.31. The Hall–Kier alpha value is -0.680. The van der Waals surface area contributed by atoms with Crippen LogP contribution in [0.2, 0.25) is 5.02 Å². The van der Waals surface area contributed by atoms with Crippen LogP contribution in [0.15, 0.2) is 18.5 Å². The van der Waals surface area contributed by atoms with Gasteiger partial charge in [-0.25, -0.2) is 0 Å². The van der Waals surface area contributed by atoms with E-state index in [4.69, 9.17) is 16.3 Å². The van der Waals surface area contributed by atoms with Crippen molar-refractivity contribution < 1.29 is 9.84 Å². The van der Waals surface area contributed by atoms with Crippen molar-refractivity contribution >= 4 is 11.6 Å². The Bertz CT molecular complexity index is 487. The second-order valence-electron chi connectivity index (χ2n) is 6.17. The molecule has 116 valence electrons. The van der Waals surface area contributed by atoms with Crippen LogP contribution in [0.3, 0.4) is 0 Å². The lowest BCUT2D eigenvalue weighted by Gasteiger charge is -2.56. The summed E-state index contributed by atoms with van der Waals surface area (Å²) in [6.07, 6.45) is 6.33. The Morgan fingerprint density at radius 1 is 1.48 bits per heavy atom. The Labute approximate surface area is 131 Å². The smallest absolute Gasteiger partial charge is 0.0681 e. The van der Waals surface area contributed by atoms with Gasteiger partial charge in [-0.05, 0) is 44.5 Å². The second kappa shape index (κ2) is 6.21. The number of piperidine rings is 1. The minimum absolute atomic E-state index is 0.00541. The molecule has 2 heterocycles. The lowest BCUT2D eigenvalue weighted by atomic mass is 9.58. The zero-order valence-corrected chi connectivity index (χ0v) is 13.2. The summed E-state index contributed by atoms with van der Waals surface area (Å²) in [5.74, 6) is 0. The van der Waals surface area contributed by atoms with Gasteiger partial charge < -0.3 is 9.84 Å². The molecule has 0 bridgehead atoms. The third-order valence-corrected chi connectivity index (χ3v) is 5.49. The topological polar surface area (TPSA) is 45.6 Å². The maximum atomic E-state index is 10.2. The molecular weight excluding hydrogens is 288 g/mol. The molecule has 1 aromatic heterocycles. The molecule has 1 aliphatic heterocycles. The number of likely N-dealkylation sites (tertiary alicyclic amines) is 1. The van der Waals surface area contributed by atoms with Crippen LogP contribution in [-0.2, 0) is 11.3 Å². The van der Waals surface area contributed by atoms with Crippen molar-refractivity contribution in [3.63, 3.8) is 0 Å². The van der Waals surface area contributed by atoms with Crippen LogP contribution in [0.5, 0.6) is 0 Å². The highest BCUT2D eigenvalue weighted by Crippen LogP contribution is 2.51. The molecule has 1 aliphatic carbocycles. The molecule has 1 aromatic rings. The Kier molecular flexibility index (Phi) is 4.50. The number of halogens is 1. The molecule has 0 radical (unpaired) electrons. The van der Waals surface area contributed by atoms with Gasteiger partial charge in [0.1, 0.15) is 0 Å². The SMILES string of the molecule is CCOC1CC(O)C12CCN(Cc1ccncc1Cl)CC2. The number of rotatable bonds is 4. The number of hydrogen-bond acceptors (Lipinski definition) is 4. The molecule has 5 heteroatoms. The van der Waals surface area contributed by atoms with Gasteiger partial charge in [0.05, 0.1) is 17.2 Å². The van der Waals surface area contributed by atoms with Gasteiger partial charge in [0.15, 0.2) is 0 Å². The van der Waals surface area contributed by atoms with Gasteiger partial charge in [0.25, 0.3) is 0 Å². The zero-order chi connectivity index (χ0) is 14.9. The molecule has 1 N–H and O–H groups in total. The monoisotopic (exact) mass is 310 g/mol. The lowest BCUT2D eigenvalue weighted by Crippen LogP contribution is -2.62. The summed E-state index contributed by atoms with van der Waals surface area (Å²) in [4.78, 5) is 6.43. The highest BCUT2D eigenvalue weighted by Gasteiger charge is 2.55. The predicted octanol–water partition coefficient (Wildman–Crippen LogP) is 2.49. The first-order chi connectivity index (χ1) is 10.2. The van der Waals surface area contributed by atoms with E-state index < -0.39 is 0 Å². The maximum Gasteiger partial charge on any atom is 0.0681 e. The molecule has 1 spiro atoms. The molecule has 2 unspecified atom stereocenters. The number of pyridine rings is 1. The molecule has 4 nitrogen and oxygen atoms in total. The van der Waals surface area contributed by atoms with Gasteiger partial charge in [-0.15, -0.1) is 0 Å². The summed E-state index contributed by atoms with van der Waals surface area (Å²) < 4.78 is 5.81. The minimum atomic E-state index is -0.194. The Morgan fingerprint density at radius 2 is 2.24 bits per heavy atom. The molecule has 2 fully saturated rings. The standard InChI is InChI=1S/C16H23ClN2O2/c1-2-21-15-9-14(20)16(15)4-7-19(8-5-16)11-12-3-6-18-10-13(12)17/h3,6,10,14-15,20H,2,4-5,7-9,11H2,1H3. The average Bonchev–Trinajstić information content (AvgIpc) is 2.50. The van der Waals surface area contributed by atoms with Gasteiger partial charge in [0.2, 0.25) is 0 Å². The number of hydrogen-bond donors (Lipinski definition) is 1. The molecule has 0 amide bonds. The predicted molar refractivity (Wildman–Crippen MR) is 82.2 cm³/mol. The number of aromatic nitrogens is 1. The Balaban J connectivity index is 1.59. The van der Waals surface area contributed by atoms with Crippen molar-refractivity contribution in [3.8, 4) is 0 Å². The van der Waals surface area contributed by atoms with E-state index in [-0.39, 0.29) is 17.6 Å². The van der Waals surface area contributed by atoms with Crippen molar-refractivity contribution in [2.24, 2.45) is 5.41 Å². The number of aliphatic hydroxyl groups is 1. The normalized spacial score (nSPS) is 28.5. The molecule has 21 heavy (non-hydrogen) atoms. The van der Waals surface area contributed by atoms with Gasteiger partial charge in [-0.1, -0.05) is 11.6 Å². The molecule has 3 rings (SSSR count). The van der Waals surface area contributed by atoms with Crippen LogP contribution < -0.4 is 0 Å². The van der Waals surface area contributed by atoms with Crippen LogP contribution in [0.25, 0.3) is 0 Å². The van der Waals surface area contributed by atoms with E-state index in [2.05, 4.69) is 9.88 Å². The molecule has 2 aliphatic rings. The fraction of sp³-hybridized carbons (Fsp3) is 0.688. The van der Waals surface area contributed by atoms with E-state index in [0.717, 1.165) is 56.1 Å². The molecule has 0 aromatic carbocycles. The van der Waals surface area contributed by atoms with Crippen LogP contribution >= 0.6 is 11.6 Å². The fourth-order valence-corrected chi connectivity index (χ4v) is 3.90. The third kappa shape index (κ3) is 2.82. The summed E-state index contributed by atoms with van der Waals surface area (Å²) in [6, 6.07) is 1.98. The van der Waals surface area contributed by atoms with E-state index >= 15 is 0 Å². The quantitative estimate of drug-likeness (QED) is 0.928. The summed E-state index contributed by atoms with van der Waals surface area (Å²) in [7, 11) is 0. The highest BCUT2D eigenvalue weighted by atomic mass is 35.5. The molecular formula is C16H23ClN2O2. The van der Waals surface area contributed by atoms with E-state index in [9.17, 15) is 5.11 Å². The largest absolute Gasteiger partial charge is 0.392 e. The summed E-state index contributed by atoms with van der Waals surface area (Å²) in [5, 5.41) is 10.9. The van der Waals surface area contributed by atoms with Crippen molar-refractivity contribution in [3.05, 3.63) is 29.0 Å². The van der Waals surface area contributed by atoms with E-state index in [1.807, 2.05) is 13.0 Å². The Morgan fingerprint density at radius 3 is 2.86 bits per heavy atom. The number of aliphatic hydroxyl groups excluding tert-OH is 1. The first-order valence-electron chi connectivity index (χ1n) is 7.76. The van der Waals surface area contributed by atoms with Gasteiger partial charge in [-0.2, -0.15) is 0 Å². The first kappa shape index (κ1) is 15.2. The van der Waals surface area contributed by atoms with Crippen LogP contribution in [0.4, 0.5) is 0 Å². The second-order valence-corrected chi connectivity index (χ2v) is 6.58. The minimum Gasteiger partial charge on any atom is -0.392 e. The van der Waals surface area contributed by atoms with Gasteiger partial charge >= 0.3 is 0 Å². The first-order valence-corrected chi connectivity index (χ1v) is 8.14. The lowest BCUT2D eigenvalue weighted by molar-refractivity contribution is -0.209. The summed E-state index contributed by atoms with van der Waals surface area (Å²) in [5.41, 5.74) is 1.12. The van der Waals surface area contributed by atoms with E-state index in [0.29, 0.717) is 0 Å². The van der Waals surface area contributed by atoms with Crippen molar-refractivity contribution in [2.45, 2.75) is 44.9 Å². The van der Waals surface area contributed by atoms with Crippen LogP contribution in [-0.4, -0.2) is 46.9 Å². The number of ether oxygens (including phenoxy) is 1. The summed E-state index contributed by atoms with van der Waals surface area (Å²) in [6.45, 7) is 5.58. The van der Waals surface area contributed by atoms with Crippen LogP contribution in [0, 0.1) is 5.41 Å². The average molecular weight is 311 g/mol. The van der Waals surface area contributed by atoms with Crippen molar-refractivity contribution in [1.82, 2.24) is 9.88 Å². The molecule has 1 saturated carbocycles. The summed E-state index contributed by atoms with van der Waals surface area (Å²) >= 11 is 6.18.